The fourth-order valence-corrected chi connectivity index (χ4v) is 7.42. The van der Waals surface area contributed by atoms with Gasteiger partial charge in [0.15, 0.2) is 23.0 Å². The number of aromatic hydroxyl groups is 6. The third-order valence-corrected chi connectivity index (χ3v) is 9.66. The van der Waals surface area contributed by atoms with Crippen LogP contribution in [0.4, 0.5) is 0 Å². The summed E-state index contributed by atoms with van der Waals surface area (Å²) in [5.41, 5.74) is 3.53. The highest BCUT2D eigenvalue weighted by Crippen LogP contribution is 2.59. The normalized spacial score (nSPS) is 11.9. The van der Waals surface area contributed by atoms with E-state index in [9.17, 15) is 30.6 Å². The first kappa shape index (κ1) is 27.7. The molecule has 8 aromatic carbocycles. The molecule has 1 heterocycles. The summed E-state index contributed by atoms with van der Waals surface area (Å²) >= 11 is 0. The molecule has 0 aliphatic rings. The van der Waals surface area contributed by atoms with Crippen molar-refractivity contribution in [2.75, 3.05) is 0 Å². The number of hydrogen-bond donors (Lipinski definition) is 6. The van der Waals surface area contributed by atoms with Gasteiger partial charge in [0.25, 0.3) is 0 Å². The molecular weight excluding hydrogens is 604 g/mol. The molecule has 7 nitrogen and oxygen atoms in total. The first-order valence-electron chi connectivity index (χ1n) is 15.4. The van der Waals surface area contributed by atoms with Crippen molar-refractivity contribution in [2.24, 2.45) is 0 Å². The van der Waals surface area contributed by atoms with Gasteiger partial charge in [-0.25, -0.2) is 0 Å². The summed E-state index contributed by atoms with van der Waals surface area (Å²) in [7, 11) is 0. The van der Waals surface area contributed by atoms with Crippen molar-refractivity contribution in [1.82, 2.24) is 0 Å². The van der Waals surface area contributed by atoms with Gasteiger partial charge in [-0.1, -0.05) is 84.9 Å². The molecule has 0 aliphatic carbocycles. The minimum atomic E-state index is -0.740. The van der Waals surface area contributed by atoms with E-state index in [2.05, 4.69) is 24.3 Å². The largest absolute Gasteiger partial charge is 0.507 e. The molecule has 7 heteroatoms. The lowest BCUT2D eigenvalue weighted by atomic mass is 9.84. The van der Waals surface area contributed by atoms with Gasteiger partial charge in [-0.05, 0) is 68.6 Å². The summed E-state index contributed by atoms with van der Waals surface area (Å²) in [6.07, 6.45) is 0. The van der Waals surface area contributed by atoms with Crippen molar-refractivity contribution in [3.05, 3.63) is 109 Å². The predicted molar refractivity (Wildman–Crippen MR) is 189 cm³/mol. The number of benzene rings is 8. The number of furan rings is 1. The van der Waals surface area contributed by atoms with E-state index >= 15 is 0 Å². The van der Waals surface area contributed by atoms with Crippen LogP contribution in [0.3, 0.4) is 0 Å². The Morgan fingerprint density at radius 2 is 0.938 bits per heavy atom. The van der Waals surface area contributed by atoms with E-state index in [1.807, 2.05) is 78.9 Å². The second kappa shape index (κ2) is 9.70. The van der Waals surface area contributed by atoms with Crippen molar-refractivity contribution < 1.29 is 35.1 Å². The van der Waals surface area contributed by atoms with Gasteiger partial charge in [0.2, 0.25) is 0 Å². The summed E-state index contributed by atoms with van der Waals surface area (Å²) in [6, 6.07) is 33.5. The zero-order valence-corrected chi connectivity index (χ0v) is 25.4. The Kier molecular flexibility index (Phi) is 5.60. The van der Waals surface area contributed by atoms with Crippen LogP contribution < -0.4 is 0 Å². The highest BCUT2D eigenvalue weighted by Gasteiger charge is 2.30. The molecule has 0 aliphatic heterocycles. The fourth-order valence-electron chi connectivity index (χ4n) is 7.42. The van der Waals surface area contributed by atoms with Gasteiger partial charge in [-0.2, -0.15) is 0 Å². The van der Waals surface area contributed by atoms with Crippen LogP contribution >= 0.6 is 0 Å². The van der Waals surface area contributed by atoms with Crippen LogP contribution in [-0.2, 0) is 0 Å². The number of phenols is 6. The van der Waals surface area contributed by atoms with Crippen LogP contribution in [0, 0.1) is 6.92 Å². The zero-order valence-electron chi connectivity index (χ0n) is 25.4. The summed E-state index contributed by atoms with van der Waals surface area (Å²) in [5.74, 6) is -3.98. The van der Waals surface area contributed by atoms with E-state index in [0.717, 1.165) is 54.6 Å². The Morgan fingerprint density at radius 3 is 1.60 bits per heavy atom. The fraction of sp³-hybridized carbons (Fsp3) is 0.0244. The maximum atomic E-state index is 11.8. The van der Waals surface area contributed by atoms with Gasteiger partial charge >= 0.3 is 0 Å². The Hall–Kier alpha value is -6.60. The van der Waals surface area contributed by atoms with Crippen LogP contribution in [0.15, 0.2) is 108 Å². The molecule has 232 valence electrons. The molecule has 6 N–H and O–H groups in total. The van der Waals surface area contributed by atoms with E-state index in [4.69, 9.17) is 4.42 Å². The summed E-state index contributed by atoms with van der Waals surface area (Å²) in [4.78, 5) is 0. The first-order chi connectivity index (χ1) is 23.3. The molecule has 0 saturated heterocycles. The van der Waals surface area contributed by atoms with Gasteiger partial charge in [0.05, 0.1) is 16.3 Å². The van der Waals surface area contributed by atoms with Gasteiger partial charge in [0.1, 0.15) is 22.7 Å². The first-order valence-corrected chi connectivity index (χ1v) is 15.4. The summed E-state index contributed by atoms with van der Waals surface area (Å²) < 4.78 is 6.27. The van der Waals surface area contributed by atoms with E-state index in [0.29, 0.717) is 16.3 Å². The van der Waals surface area contributed by atoms with Crippen molar-refractivity contribution >= 4 is 65.0 Å². The van der Waals surface area contributed by atoms with Gasteiger partial charge in [-0.15, -0.1) is 0 Å². The molecule has 0 saturated carbocycles. The van der Waals surface area contributed by atoms with E-state index in [1.54, 1.807) is 0 Å². The third-order valence-electron chi connectivity index (χ3n) is 9.66. The molecule has 48 heavy (non-hydrogen) atoms. The second-order valence-electron chi connectivity index (χ2n) is 12.2. The van der Waals surface area contributed by atoms with Crippen molar-refractivity contribution in [2.45, 2.75) is 6.92 Å². The van der Waals surface area contributed by atoms with Crippen molar-refractivity contribution in [1.29, 1.82) is 0 Å². The molecular formula is C41H26O7. The molecule has 1 aromatic heterocycles. The maximum Gasteiger partial charge on any atom is 0.170 e. The molecule has 0 fully saturated rings. The third kappa shape index (κ3) is 3.52. The molecule has 0 atom stereocenters. The highest BCUT2D eigenvalue weighted by molar-refractivity contribution is 6.25. The number of rotatable bonds is 2. The van der Waals surface area contributed by atoms with Crippen LogP contribution in [0.25, 0.3) is 87.3 Å². The lowest BCUT2D eigenvalue weighted by Crippen LogP contribution is -1.93. The van der Waals surface area contributed by atoms with Crippen LogP contribution in [0.5, 0.6) is 34.5 Å². The zero-order chi connectivity index (χ0) is 33.0. The molecule has 0 spiro atoms. The predicted octanol–water partition coefficient (Wildman–Crippen LogP) is 10.1. The quantitative estimate of drug-likeness (QED) is 0.0636. The van der Waals surface area contributed by atoms with E-state index < -0.39 is 34.5 Å². The number of fused-ring (bicyclic) bond motifs is 8. The lowest BCUT2D eigenvalue weighted by molar-refractivity contribution is 0.387. The van der Waals surface area contributed by atoms with Gasteiger partial charge in [-0.3, -0.25) is 0 Å². The van der Waals surface area contributed by atoms with Gasteiger partial charge < -0.3 is 35.1 Å². The molecule has 9 rings (SSSR count). The Morgan fingerprint density at radius 1 is 0.396 bits per heavy atom. The number of phenolic OH excluding ortho intramolecular Hbond substituents is 6. The average molecular weight is 631 g/mol. The average Bonchev–Trinajstić information content (AvgIpc) is 3.49. The topological polar surface area (TPSA) is 135 Å². The van der Waals surface area contributed by atoms with E-state index in [-0.39, 0.29) is 21.9 Å². The molecule has 0 unspecified atom stereocenters. The molecule has 0 amide bonds. The smallest absolute Gasteiger partial charge is 0.170 e. The van der Waals surface area contributed by atoms with Crippen LogP contribution in [0.1, 0.15) is 5.56 Å². The minimum absolute atomic E-state index is 0.113. The molecule has 9 aromatic rings. The Balaban J connectivity index is 1.42. The second-order valence-corrected chi connectivity index (χ2v) is 12.2. The molecule has 0 bridgehead atoms. The standard InChI is InChI=1S/C41H26O7/c1-19-36(42)34-35(39(45)37(19)43)38(44)33(40(46)41(34)47)32-25-12-6-4-10-23(25)30(24-11-5-7-13-26(24)32)21-15-16-28-27(18-21)31-22-9-3-2-8-20(22)14-17-29(31)48-28/h2-18,42-47H,1H3. The Bertz CT molecular complexity index is 2810. The monoisotopic (exact) mass is 630 g/mol. The Labute approximate surface area is 272 Å². The summed E-state index contributed by atoms with van der Waals surface area (Å²) in [6.45, 7) is 1.34. The maximum absolute atomic E-state index is 11.8. The highest BCUT2D eigenvalue weighted by atomic mass is 16.3. The van der Waals surface area contributed by atoms with Crippen LogP contribution in [-0.4, -0.2) is 30.6 Å². The van der Waals surface area contributed by atoms with Crippen molar-refractivity contribution in [3.63, 3.8) is 0 Å². The minimum Gasteiger partial charge on any atom is -0.507 e. The van der Waals surface area contributed by atoms with Gasteiger partial charge in [0, 0.05) is 21.9 Å². The number of hydrogen-bond acceptors (Lipinski definition) is 7. The molecule has 0 radical (unpaired) electrons. The van der Waals surface area contributed by atoms with Crippen LogP contribution in [0.2, 0.25) is 0 Å². The lowest BCUT2D eigenvalue weighted by Gasteiger charge is -2.21. The SMILES string of the molecule is Cc1c(O)c(O)c2c(O)c(-c3c4ccccc4c(-c4ccc5oc6ccc7ccccc7c6c5c4)c4ccccc34)c(O)c(O)c2c1O. The van der Waals surface area contributed by atoms with E-state index in [1.165, 1.54) is 6.92 Å². The van der Waals surface area contributed by atoms with Crippen molar-refractivity contribution in [3.8, 4) is 56.8 Å². The summed E-state index contributed by atoms with van der Waals surface area (Å²) in [5, 5.41) is 73.1.